The summed E-state index contributed by atoms with van der Waals surface area (Å²) in [6, 6.07) is 0. The summed E-state index contributed by atoms with van der Waals surface area (Å²) in [5.74, 6) is 0.305. The van der Waals surface area contributed by atoms with Crippen LogP contribution < -0.4 is 0 Å². The summed E-state index contributed by atoms with van der Waals surface area (Å²) in [5.41, 5.74) is 1.26. The smallest absolute Gasteiger partial charge is 0.139 e. The van der Waals surface area contributed by atoms with E-state index < -0.39 is 0 Å². The van der Waals surface area contributed by atoms with Gasteiger partial charge in [-0.05, 0) is 18.8 Å². The van der Waals surface area contributed by atoms with Crippen molar-refractivity contribution in [3.05, 3.63) is 16.1 Å². The molecular weight excluding hydrogens is 206 g/mol. The molecule has 84 valence electrons. The quantitative estimate of drug-likeness (QED) is 0.786. The average molecular weight is 225 g/mol. The molecule has 0 aliphatic carbocycles. The fourth-order valence-electron chi connectivity index (χ4n) is 1.26. The third-order valence-corrected chi connectivity index (χ3v) is 3.14. The molecule has 1 aromatic heterocycles. The van der Waals surface area contributed by atoms with E-state index >= 15 is 0 Å². The Bertz CT molecular complexity index is 336. The van der Waals surface area contributed by atoms with Crippen LogP contribution in [0, 0.1) is 12.3 Å². The van der Waals surface area contributed by atoms with Crippen LogP contribution in [0.1, 0.15) is 44.3 Å². The molecule has 0 saturated heterocycles. The van der Waals surface area contributed by atoms with Gasteiger partial charge in [0.15, 0.2) is 0 Å². The van der Waals surface area contributed by atoms with Crippen molar-refractivity contribution in [2.45, 2.75) is 47.0 Å². The number of hydrogen-bond acceptors (Lipinski definition) is 3. The van der Waals surface area contributed by atoms with Crippen molar-refractivity contribution in [2.24, 2.45) is 5.41 Å². The van der Waals surface area contributed by atoms with Crippen LogP contribution in [0.3, 0.4) is 0 Å². The fourth-order valence-corrected chi connectivity index (χ4v) is 2.06. The molecule has 0 spiro atoms. The number of nitrogens with zero attached hydrogens (tertiary/aromatic N) is 1. The van der Waals surface area contributed by atoms with E-state index in [2.05, 4.69) is 25.8 Å². The van der Waals surface area contributed by atoms with Gasteiger partial charge in [-0.1, -0.05) is 20.8 Å². The molecule has 0 bridgehead atoms. The number of carbonyl (C=O) groups excluding carboxylic acids is 1. The molecule has 0 radical (unpaired) electrons. The van der Waals surface area contributed by atoms with Crippen LogP contribution in [0.5, 0.6) is 0 Å². The highest BCUT2D eigenvalue weighted by atomic mass is 32.1. The molecule has 1 aromatic rings. The number of aromatic nitrogens is 1. The van der Waals surface area contributed by atoms with Crippen molar-refractivity contribution in [3.8, 4) is 0 Å². The van der Waals surface area contributed by atoms with Gasteiger partial charge in [-0.25, -0.2) is 4.98 Å². The minimum Gasteiger partial charge on any atom is -0.299 e. The highest BCUT2D eigenvalue weighted by molar-refractivity contribution is 7.09. The number of thiazole rings is 1. The first kappa shape index (κ1) is 12.4. The van der Waals surface area contributed by atoms with E-state index in [0.717, 1.165) is 17.1 Å². The van der Waals surface area contributed by atoms with Gasteiger partial charge in [-0.3, -0.25) is 4.79 Å². The second-order valence-corrected chi connectivity index (χ2v) is 6.10. The molecule has 0 saturated carbocycles. The maximum atomic E-state index is 11.6. The predicted molar refractivity (Wildman–Crippen MR) is 64.3 cm³/mol. The van der Waals surface area contributed by atoms with Crippen molar-refractivity contribution in [1.29, 1.82) is 0 Å². The lowest BCUT2D eigenvalue weighted by atomic mass is 9.89. The van der Waals surface area contributed by atoms with Crippen LogP contribution in [0.25, 0.3) is 0 Å². The Morgan fingerprint density at radius 2 is 2.13 bits per heavy atom. The number of carbonyl (C=O) groups is 1. The summed E-state index contributed by atoms with van der Waals surface area (Å²) in [6.45, 7) is 8.44. The van der Waals surface area contributed by atoms with Gasteiger partial charge in [-0.15, -0.1) is 11.3 Å². The topological polar surface area (TPSA) is 30.0 Å². The minimum atomic E-state index is 0.244. The van der Waals surface area contributed by atoms with Crippen LogP contribution in [0.4, 0.5) is 0 Å². The highest BCUT2D eigenvalue weighted by Crippen LogP contribution is 2.21. The number of aryl methyl sites for hydroxylation is 1. The fraction of sp³-hybridized carbons (Fsp3) is 0.667. The van der Waals surface area contributed by atoms with Gasteiger partial charge in [0.1, 0.15) is 10.8 Å². The molecule has 2 nitrogen and oxygen atoms in total. The first-order valence-corrected chi connectivity index (χ1v) is 6.17. The maximum Gasteiger partial charge on any atom is 0.139 e. The Morgan fingerprint density at radius 3 is 2.60 bits per heavy atom. The molecule has 0 aromatic carbocycles. The van der Waals surface area contributed by atoms with Crippen LogP contribution >= 0.6 is 11.3 Å². The monoisotopic (exact) mass is 225 g/mol. The molecular formula is C12H19NOS. The van der Waals surface area contributed by atoms with Gasteiger partial charge in [0.05, 0.1) is 6.42 Å². The second-order valence-electron chi connectivity index (χ2n) is 5.16. The van der Waals surface area contributed by atoms with E-state index in [1.165, 1.54) is 0 Å². The molecule has 0 amide bonds. The maximum absolute atomic E-state index is 11.6. The lowest BCUT2D eigenvalue weighted by Gasteiger charge is -2.16. The molecule has 15 heavy (non-hydrogen) atoms. The average Bonchev–Trinajstić information content (AvgIpc) is 2.47. The summed E-state index contributed by atoms with van der Waals surface area (Å²) < 4.78 is 0. The van der Waals surface area contributed by atoms with Crippen LogP contribution in [0.2, 0.25) is 0 Å². The molecule has 0 fully saturated rings. The molecule has 1 rings (SSSR count). The summed E-state index contributed by atoms with van der Waals surface area (Å²) in [6.07, 6.45) is 2.13. The van der Waals surface area contributed by atoms with E-state index in [4.69, 9.17) is 0 Å². The zero-order valence-corrected chi connectivity index (χ0v) is 10.8. The zero-order valence-electron chi connectivity index (χ0n) is 9.96. The lowest BCUT2D eigenvalue weighted by molar-refractivity contribution is -0.118. The molecule has 3 heteroatoms. The first-order chi connectivity index (χ1) is 6.87. The standard InChI is InChI=1S/C12H19NOS/c1-9-8-15-11(13-9)7-10(14)5-6-12(2,3)4/h8H,5-7H2,1-4H3. The number of Topliss-reactive ketones (excluding diaryl/α,β-unsaturated/α-hetero) is 1. The SMILES string of the molecule is Cc1csc(CC(=O)CCC(C)(C)C)n1. The van der Waals surface area contributed by atoms with Crippen molar-refractivity contribution < 1.29 is 4.79 Å². The Morgan fingerprint density at radius 1 is 1.47 bits per heavy atom. The third-order valence-electron chi connectivity index (χ3n) is 2.17. The first-order valence-electron chi connectivity index (χ1n) is 5.29. The summed E-state index contributed by atoms with van der Waals surface area (Å²) >= 11 is 1.58. The van der Waals surface area contributed by atoms with Gasteiger partial charge < -0.3 is 0 Å². The number of ketones is 1. The van der Waals surface area contributed by atoms with Gasteiger partial charge in [0, 0.05) is 17.5 Å². The number of hydrogen-bond donors (Lipinski definition) is 0. The second kappa shape index (κ2) is 4.88. The largest absolute Gasteiger partial charge is 0.299 e. The normalized spacial score (nSPS) is 11.7. The highest BCUT2D eigenvalue weighted by Gasteiger charge is 2.14. The van der Waals surface area contributed by atoms with Crippen molar-refractivity contribution >= 4 is 17.1 Å². The lowest BCUT2D eigenvalue weighted by Crippen LogP contribution is -2.10. The molecule has 0 aliphatic rings. The van der Waals surface area contributed by atoms with Gasteiger partial charge in [0.25, 0.3) is 0 Å². The molecule has 0 unspecified atom stereocenters. The summed E-state index contributed by atoms with van der Waals surface area (Å²) in [5, 5.41) is 2.94. The van der Waals surface area contributed by atoms with Gasteiger partial charge in [0.2, 0.25) is 0 Å². The van der Waals surface area contributed by atoms with Crippen LogP contribution in [-0.2, 0) is 11.2 Å². The third kappa shape index (κ3) is 5.07. The molecule has 0 N–H and O–H groups in total. The van der Waals surface area contributed by atoms with Gasteiger partial charge in [-0.2, -0.15) is 0 Å². The Kier molecular flexibility index (Phi) is 4.03. The van der Waals surface area contributed by atoms with E-state index in [1.807, 2.05) is 12.3 Å². The number of rotatable bonds is 4. The van der Waals surface area contributed by atoms with E-state index in [0.29, 0.717) is 18.6 Å². The minimum absolute atomic E-state index is 0.244. The van der Waals surface area contributed by atoms with E-state index in [-0.39, 0.29) is 5.41 Å². The molecule has 0 atom stereocenters. The van der Waals surface area contributed by atoms with Crippen molar-refractivity contribution in [3.63, 3.8) is 0 Å². The molecule has 1 heterocycles. The van der Waals surface area contributed by atoms with E-state index in [9.17, 15) is 4.79 Å². The zero-order chi connectivity index (χ0) is 11.5. The summed E-state index contributed by atoms with van der Waals surface area (Å²) in [7, 11) is 0. The van der Waals surface area contributed by atoms with E-state index in [1.54, 1.807) is 11.3 Å². The van der Waals surface area contributed by atoms with Crippen molar-refractivity contribution in [1.82, 2.24) is 4.98 Å². The predicted octanol–water partition coefficient (Wildman–Crippen LogP) is 3.39. The van der Waals surface area contributed by atoms with Gasteiger partial charge >= 0.3 is 0 Å². The van der Waals surface area contributed by atoms with Crippen LogP contribution in [0.15, 0.2) is 5.38 Å². The Labute approximate surface area is 95.7 Å². The van der Waals surface area contributed by atoms with Crippen molar-refractivity contribution in [2.75, 3.05) is 0 Å². The molecule has 0 aliphatic heterocycles. The Balaban J connectivity index is 2.37. The van der Waals surface area contributed by atoms with Crippen LogP contribution in [-0.4, -0.2) is 10.8 Å². The summed E-state index contributed by atoms with van der Waals surface area (Å²) in [4.78, 5) is 15.9. The Hall–Kier alpha value is -0.700.